The molecule has 0 bridgehead atoms. The second kappa shape index (κ2) is 9.60. The Labute approximate surface area is 210 Å². The summed E-state index contributed by atoms with van der Waals surface area (Å²) in [6.45, 7) is -0.416. The minimum atomic E-state index is -2.46. The number of aliphatic imine (C=N–C) groups is 1. The molecule has 0 aromatic heterocycles. The van der Waals surface area contributed by atoms with Crippen LogP contribution in [-0.2, 0) is 4.74 Å². The van der Waals surface area contributed by atoms with Crippen LogP contribution in [0.5, 0.6) is 0 Å². The van der Waals surface area contributed by atoms with Crippen LogP contribution in [0.4, 0.5) is 0 Å². The lowest BCUT2D eigenvalue weighted by atomic mass is 10.1. The maximum absolute atomic E-state index is 6.25. The normalized spacial score (nSPS) is 13.9. The number of nitrogens with zero attached hydrogens (tertiary/aromatic N) is 1. The molecule has 5 rings (SSSR count). The number of ether oxygens (including phenoxy) is 1. The minimum absolute atomic E-state index is 0.389. The first-order valence-electron chi connectivity index (χ1n) is 11.0. The van der Waals surface area contributed by atoms with Crippen molar-refractivity contribution < 1.29 is 4.74 Å². The molecule has 34 heavy (non-hydrogen) atoms. The molecule has 1 heterocycles. The molecule has 5 heteroatoms. The molecular weight excluding hydrogens is 473 g/mol. The first-order chi connectivity index (χ1) is 16.6. The summed E-state index contributed by atoms with van der Waals surface area (Å²) in [7, 11) is 0. The molecule has 1 aliphatic heterocycles. The van der Waals surface area contributed by atoms with E-state index >= 15 is 0 Å². The molecule has 0 spiro atoms. The van der Waals surface area contributed by atoms with Crippen LogP contribution in [0.1, 0.15) is 11.1 Å². The quantitative estimate of drug-likeness (QED) is 0.272. The Hall–Kier alpha value is -3.17. The largest absolute Gasteiger partial charge is 0.426 e. The van der Waals surface area contributed by atoms with E-state index in [1.54, 1.807) is 0 Å². The second-order valence-corrected chi connectivity index (χ2v) is 12.1. The summed E-state index contributed by atoms with van der Waals surface area (Å²) in [6.07, 6.45) is 0. The van der Waals surface area contributed by atoms with Gasteiger partial charge in [-0.2, -0.15) is 0 Å². The third-order valence-electron chi connectivity index (χ3n) is 5.85. The van der Waals surface area contributed by atoms with Gasteiger partial charge in [-0.1, -0.05) is 121 Å². The van der Waals surface area contributed by atoms with E-state index in [2.05, 4.69) is 72.8 Å². The summed E-state index contributed by atoms with van der Waals surface area (Å²) in [5.74, 6) is 0.450. The second-order valence-electron chi connectivity index (χ2n) is 8.00. The molecule has 4 aromatic rings. The molecule has 0 radical (unpaired) electrons. The highest BCUT2D eigenvalue weighted by Crippen LogP contribution is 2.47. The molecule has 4 aromatic carbocycles. The van der Waals surface area contributed by atoms with Crippen molar-refractivity contribution in [1.29, 1.82) is 0 Å². The zero-order valence-electron chi connectivity index (χ0n) is 18.6. The van der Waals surface area contributed by atoms with Gasteiger partial charge in [-0.15, -0.1) is 0 Å². The lowest BCUT2D eigenvalue weighted by molar-refractivity contribution is 0.570. The summed E-state index contributed by atoms with van der Waals surface area (Å²) in [5.41, 5.74) is 2.03. The monoisotopic (exact) mass is 495 g/mol. The van der Waals surface area contributed by atoms with Crippen LogP contribution in [-0.4, -0.2) is 21.2 Å². The number of aryl methyl sites for hydroxylation is 1. The molecule has 0 N–H and O–H groups in total. The number of hydrogen-bond donors (Lipinski definition) is 0. The third-order valence-corrected chi connectivity index (χ3v) is 11.0. The van der Waals surface area contributed by atoms with E-state index < -0.39 is 6.89 Å². The molecule has 0 atom stereocenters. The van der Waals surface area contributed by atoms with Gasteiger partial charge < -0.3 is 4.74 Å². The summed E-state index contributed by atoms with van der Waals surface area (Å²) in [5, 5.41) is 4.68. The fraction of sp³-hybridized carbons (Fsp3) is 0.0345. The predicted molar refractivity (Wildman–Crippen MR) is 154 cm³/mol. The van der Waals surface area contributed by atoms with Gasteiger partial charge in [-0.25, -0.2) is 4.99 Å². The van der Waals surface area contributed by atoms with Gasteiger partial charge in [0, 0.05) is 5.56 Å². The highest BCUT2D eigenvalue weighted by Gasteiger charge is 2.37. The Balaban J connectivity index is 1.87. The first-order valence-corrected chi connectivity index (χ1v) is 13.6. The van der Waals surface area contributed by atoms with Crippen molar-refractivity contribution in [2.75, 3.05) is 0 Å². The van der Waals surface area contributed by atoms with Crippen molar-refractivity contribution >= 4 is 68.5 Å². The van der Waals surface area contributed by atoms with E-state index in [-0.39, 0.29) is 0 Å². The van der Waals surface area contributed by atoms with Gasteiger partial charge in [-0.05, 0) is 54.1 Å². The van der Waals surface area contributed by atoms with Gasteiger partial charge in [-0.3, -0.25) is 0 Å². The summed E-state index contributed by atoms with van der Waals surface area (Å²) >= 11 is 11.9. The summed E-state index contributed by atoms with van der Waals surface area (Å²) < 4.78 is 6.25. The average molecular weight is 496 g/mol. The molecule has 0 saturated heterocycles. The van der Waals surface area contributed by atoms with Crippen molar-refractivity contribution in [2.45, 2.75) is 6.92 Å². The van der Waals surface area contributed by atoms with Crippen molar-refractivity contribution in [3.8, 4) is 0 Å². The highest BCUT2D eigenvalue weighted by molar-refractivity contribution is 8.02. The van der Waals surface area contributed by atoms with Crippen LogP contribution in [0.2, 0.25) is 0 Å². The molecule has 0 unspecified atom stereocenters. The minimum Gasteiger partial charge on any atom is -0.426 e. The van der Waals surface area contributed by atoms with Gasteiger partial charge >= 0.3 is 0 Å². The SMILES string of the molecule is Cc1ccc(C2=NC(=S)C(=P(c3ccccc3)(c3ccccc3)c3ccccc3)C(=S)O2)cc1. The average Bonchev–Trinajstić information content (AvgIpc) is 2.88. The number of hydrogen-bond acceptors (Lipinski definition) is 3. The van der Waals surface area contributed by atoms with Crippen LogP contribution in [0.25, 0.3) is 0 Å². The topological polar surface area (TPSA) is 21.6 Å². The fourth-order valence-corrected chi connectivity index (χ4v) is 9.70. The molecule has 2 nitrogen and oxygen atoms in total. The lowest BCUT2D eigenvalue weighted by Gasteiger charge is -2.33. The van der Waals surface area contributed by atoms with Gasteiger partial charge in [0.1, 0.15) is 4.99 Å². The molecule has 0 saturated carbocycles. The van der Waals surface area contributed by atoms with Crippen LogP contribution >= 0.6 is 31.3 Å². The van der Waals surface area contributed by atoms with Crippen LogP contribution in [0.15, 0.2) is 120 Å². The first kappa shape index (κ1) is 22.6. The molecular formula is C29H22NOPS2. The standard InChI is InChI=1S/C29H22NOPS2/c1-21-17-19-22(20-18-21)27-30-28(33)26(29(34)31-27)32(23-11-5-2-6-12-23,24-13-7-3-8-14-24)25-15-9-4-10-16-25/h2-20H,1H3. The zero-order valence-corrected chi connectivity index (χ0v) is 21.1. The maximum atomic E-state index is 6.25. The zero-order chi connectivity index (χ0) is 23.5. The third kappa shape index (κ3) is 3.99. The number of benzene rings is 4. The van der Waals surface area contributed by atoms with Gasteiger partial charge in [0.05, 0.1) is 5.29 Å². The Kier molecular flexibility index (Phi) is 6.38. The van der Waals surface area contributed by atoms with Crippen molar-refractivity contribution in [2.24, 2.45) is 4.99 Å². The Morgan fingerprint density at radius 3 is 1.47 bits per heavy atom. The molecule has 0 aliphatic carbocycles. The van der Waals surface area contributed by atoms with E-state index in [9.17, 15) is 0 Å². The van der Waals surface area contributed by atoms with Crippen molar-refractivity contribution in [3.05, 3.63) is 126 Å². The Morgan fingerprint density at radius 1 is 0.618 bits per heavy atom. The van der Waals surface area contributed by atoms with Gasteiger partial charge in [0.2, 0.25) is 10.9 Å². The highest BCUT2D eigenvalue weighted by atomic mass is 32.1. The molecule has 0 amide bonds. The maximum Gasteiger partial charge on any atom is 0.229 e. The Bertz CT molecular complexity index is 1340. The van der Waals surface area contributed by atoms with E-state index in [1.807, 2.05) is 49.4 Å². The van der Waals surface area contributed by atoms with E-state index in [0.717, 1.165) is 26.8 Å². The number of rotatable bonds is 4. The lowest BCUT2D eigenvalue weighted by Crippen LogP contribution is -2.40. The van der Waals surface area contributed by atoms with E-state index in [1.165, 1.54) is 5.56 Å². The van der Waals surface area contributed by atoms with Crippen LogP contribution < -0.4 is 15.9 Å². The number of thiocarbonyl (C=S) groups is 2. The molecule has 166 valence electrons. The molecule has 1 aliphatic rings. The van der Waals surface area contributed by atoms with Crippen LogP contribution in [0, 0.1) is 6.92 Å². The van der Waals surface area contributed by atoms with E-state index in [4.69, 9.17) is 34.2 Å². The van der Waals surface area contributed by atoms with Gasteiger partial charge in [0.25, 0.3) is 0 Å². The predicted octanol–water partition coefficient (Wildman–Crippen LogP) is 5.59. The fourth-order valence-electron chi connectivity index (χ4n) is 4.28. The van der Waals surface area contributed by atoms with Gasteiger partial charge in [0.15, 0.2) is 0 Å². The van der Waals surface area contributed by atoms with Crippen LogP contribution in [0.3, 0.4) is 0 Å². The van der Waals surface area contributed by atoms with Crippen molar-refractivity contribution in [3.63, 3.8) is 0 Å². The smallest absolute Gasteiger partial charge is 0.229 e. The summed E-state index contributed by atoms with van der Waals surface area (Å²) in [4.78, 5) is 5.27. The Morgan fingerprint density at radius 2 is 1.06 bits per heavy atom. The van der Waals surface area contributed by atoms with E-state index in [0.29, 0.717) is 15.9 Å². The molecule has 0 fully saturated rings. The van der Waals surface area contributed by atoms with Crippen molar-refractivity contribution in [1.82, 2.24) is 0 Å². The summed E-state index contributed by atoms with van der Waals surface area (Å²) in [6, 6.07) is 39.4.